The van der Waals surface area contributed by atoms with Crippen LogP contribution in [-0.4, -0.2) is 28.4 Å². The van der Waals surface area contributed by atoms with Gasteiger partial charge in [-0.3, -0.25) is 9.59 Å². The first-order valence-electron chi connectivity index (χ1n) is 11.3. The maximum absolute atomic E-state index is 12.9. The minimum atomic E-state index is -0.448. The maximum Gasteiger partial charge on any atom is 0.256 e. The number of hydrogen-bond donors (Lipinski definition) is 4. The lowest BCUT2D eigenvalue weighted by atomic mass is 9.97. The van der Waals surface area contributed by atoms with E-state index in [-0.39, 0.29) is 36.0 Å². The second-order valence-electron chi connectivity index (χ2n) is 8.04. The molecule has 0 aliphatic rings. The van der Waals surface area contributed by atoms with Gasteiger partial charge in [-0.25, -0.2) is 4.98 Å². The van der Waals surface area contributed by atoms with Crippen molar-refractivity contribution in [3.63, 3.8) is 0 Å². The van der Waals surface area contributed by atoms with Crippen molar-refractivity contribution in [1.82, 2.24) is 4.98 Å². The van der Waals surface area contributed by atoms with Crippen LogP contribution in [0.15, 0.2) is 78.9 Å². The summed E-state index contributed by atoms with van der Waals surface area (Å²) in [7, 11) is 0. The standard InChI is InChI=1S/C28H22ClN5O3/c29-19-9-10-21(25(35)14-19)24-15-22(18-7-4-8-20(13-18)32-26(36)11-12-30)23(16-31)27(33-24)34-28(37)17-5-2-1-3-6-17/h1-10,13-15,35H,11-12,30H2,(H,32,36)(H,33,34,37). The largest absolute Gasteiger partial charge is 0.507 e. The Balaban J connectivity index is 1.86. The van der Waals surface area contributed by atoms with E-state index < -0.39 is 5.91 Å². The first-order valence-corrected chi connectivity index (χ1v) is 11.7. The topological polar surface area (TPSA) is 141 Å². The summed E-state index contributed by atoms with van der Waals surface area (Å²) in [5.41, 5.74) is 8.19. The van der Waals surface area contributed by atoms with Gasteiger partial charge in [0.15, 0.2) is 5.82 Å². The number of aromatic nitrogens is 1. The highest BCUT2D eigenvalue weighted by Crippen LogP contribution is 2.37. The van der Waals surface area contributed by atoms with Crippen LogP contribution >= 0.6 is 11.6 Å². The Labute approximate surface area is 218 Å². The van der Waals surface area contributed by atoms with E-state index in [1.807, 2.05) is 0 Å². The van der Waals surface area contributed by atoms with Gasteiger partial charge in [0.05, 0.1) is 5.69 Å². The molecule has 0 atom stereocenters. The molecule has 4 aromatic rings. The number of benzene rings is 3. The molecule has 0 unspecified atom stereocenters. The number of nitrogens with one attached hydrogen (secondary N) is 2. The van der Waals surface area contributed by atoms with E-state index in [4.69, 9.17) is 17.3 Å². The Bertz CT molecular complexity index is 1520. The van der Waals surface area contributed by atoms with Gasteiger partial charge >= 0.3 is 0 Å². The Morgan fingerprint density at radius 3 is 2.46 bits per heavy atom. The fourth-order valence-electron chi connectivity index (χ4n) is 3.72. The quantitative estimate of drug-likeness (QED) is 0.269. The van der Waals surface area contributed by atoms with Crippen molar-refractivity contribution in [1.29, 1.82) is 5.26 Å². The van der Waals surface area contributed by atoms with Crippen molar-refractivity contribution in [2.45, 2.75) is 6.42 Å². The van der Waals surface area contributed by atoms with Crippen LogP contribution in [-0.2, 0) is 4.79 Å². The highest BCUT2D eigenvalue weighted by Gasteiger charge is 2.19. The van der Waals surface area contributed by atoms with Gasteiger partial charge in [-0.05, 0) is 54.1 Å². The number of carbonyl (C=O) groups excluding carboxylic acids is 2. The Kier molecular flexibility index (Phi) is 7.79. The lowest BCUT2D eigenvalue weighted by molar-refractivity contribution is -0.116. The number of anilines is 2. The summed E-state index contributed by atoms with van der Waals surface area (Å²) >= 11 is 6.01. The van der Waals surface area contributed by atoms with Gasteiger partial charge in [0.1, 0.15) is 17.4 Å². The number of hydrogen-bond acceptors (Lipinski definition) is 6. The lowest BCUT2D eigenvalue weighted by Crippen LogP contribution is -2.16. The van der Waals surface area contributed by atoms with Crippen molar-refractivity contribution in [2.24, 2.45) is 5.73 Å². The van der Waals surface area contributed by atoms with Crippen LogP contribution < -0.4 is 16.4 Å². The van der Waals surface area contributed by atoms with Gasteiger partial charge in [-0.1, -0.05) is 41.9 Å². The van der Waals surface area contributed by atoms with E-state index in [2.05, 4.69) is 21.7 Å². The third-order valence-electron chi connectivity index (χ3n) is 5.46. The molecule has 0 spiro atoms. The predicted octanol–water partition coefficient (Wildman–Crippen LogP) is 5.19. The normalized spacial score (nSPS) is 10.4. The predicted molar refractivity (Wildman–Crippen MR) is 143 cm³/mol. The van der Waals surface area contributed by atoms with E-state index in [1.54, 1.807) is 72.8 Å². The summed E-state index contributed by atoms with van der Waals surface area (Å²) in [4.78, 5) is 29.5. The number of nitrogens with zero attached hydrogens (tertiary/aromatic N) is 2. The van der Waals surface area contributed by atoms with Crippen molar-refractivity contribution in [3.05, 3.63) is 95.0 Å². The average Bonchev–Trinajstić information content (AvgIpc) is 2.89. The Morgan fingerprint density at radius 2 is 1.76 bits per heavy atom. The van der Waals surface area contributed by atoms with E-state index in [0.29, 0.717) is 38.7 Å². The fourth-order valence-corrected chi connectivity index (χ4v) is 3.89. The number of pyridine rings is 1. The van der Waals surface area contributed by atoms with Crippen LogP contribution in [0.25, 0.3) is 22.4 Å². The zero-order chi connectivity index (χ0) is 26.4. The molecular formula is C28H22ClN5O3. The number of carbonyl (C=O) groups is 2. The van der Waals surface area contributed by atoms with Crippen LogP contribution in [0.1, 0.15) is 22.3 Å². The minimum Gasteiger partial charge on any atom is -0.507 e. The average molecular weight is 512 g/mol. The van der Waals surface area contributed by atoms with Crippen LogP contribution in [0.3, 0.4) is 0 Å². The molecule has 5 N–H and O–H groups in total. The number of phenolic OH excluding ortho intramolecular Hbond substituents is 1. The highest BCUT2D eigenvalue weighted by molar-refractivity contribution is 6.30. The molecule has 37 heavy (non-hydrogen) atoms. The summed E-state index contributed by atoms with van der Waals surface area (Å²) in [5, 5.41) is 26.5. The molecule has 9 heteroatoms. The third kappa shape index (κ3) is 5.93. The van der Waals surface area contributed by atoms with Crippen molar-refractivity contribution in [2.75, 3.05) is 17.2 Å². The third-order valence-corrected chi connectivity index (χ3v) is 5.70. The number of phenols is 1. The van der Waals surface area contributed by atoms with Gasteiger partial charge in [0, 0.05) is 40.4 Å². The van der Waals surface area contributed by atoms with Crippen LogP contribution in [0.4, 0.5) is 11.5 Å². The van der Waals surface area contributed by atoms with Gasteiger partial charge in [-0.15, -0.1) is 0 Å². The van der Waals surface area contributed by atoms with E-state index in [0.717, 1.165) is 0 Å². The summed E-state index contributed by atoms with van der Waals surface area (Å²) < 4.78 is 0. The molecule has 4 rings (SSSR count). The highest BCUT2D eigenvalue weighted by atomic mass is 35.5. The molecule has 0 bridgehead atoms. The second kappa shape index (κ2) is 11.4. The first-order chi connectivity index (χ1) is 17.9. The van der Waals surface area contributed by atoms with Crippen molar-refractivity contribution >= 4 is 34.9 Å². The minimum absolute atomic E-state index is 0.0239. The van der Waals surface area contributed by atoms with Crippen molar-refractivity contribution in [3.8, 4) is 34.2 Å². The van der Waals surface area contributed by atoms with Gasteiger partial charge < -0.3 is 21.5 Å². The van der Waals surface area contributed by atoms with Crippen LogP contribution in [0.2, 0.25) is 5.02 Å². The summed E-state index contributed by atoms with van der Waals surface area (Å²) in [6.45, 7) is 0.215. The zero-order valence-electron chi connectivity index (χ0n) is 19.5. The summed E-state index contributed by atoms with van der Waals surface area (Å²) in [6, 6.07) is 23.8. The van der Waals surface area contributed by atoms with Crippen molar-refractivity contribution < 1.29 is 14.7 Å². The molecule has 0 aliphatic carbocycles. The first kappa shape index (κ1) is 25.4. The molecule has 184 valence electrons. The summed E-state index contributed by atoms with van der Waals surface area (Å²) in [5.74, 6) is -0.775. The van der Waals surface area contributed by atoms with E-state index in [1.165, 1.54) is 6.07 Å². The molecule has 0 radical (unpaired) electrons. The molecule has 8 nitrogen and oxygen atoms in total. The number of nitriles is 1. The Hall–Kier alpha value is -4.71. The number of nitrogens with two attached hydrogens (primary N) is 1. The molecule has 3 aromatic carbocycles. The van der Waals surface area contributed by atoms with Gasteiger partial charge in [0.2, 0.25) is 5.91 Å². The molecule has 0 saturated heterocycles. The molecule has 0 aliphatic heterocycles. The van der Waals surface area contributed by atoms with E-state index in [9.17, 15) is 20.0 Å². The monoisotopic (exact) mass is 511 g/mol. The molecule has 0 fully saturated rings. The maximum atomic E-state index is 12.9. The van der Waals surface area contributed by atoms with Crippen LogP contribution in [0.5, 0.6) is 5.75 Å². The number of rotatable bonds is 7. The smallest absolute Gasteiger partial charge is 0.256 e. The molecule has 2 amide bonds. The summed E-state index contributed by atoms with van der Waals surface area (Å²) in [6.07, 6.45) is 0.165. The Morgan fingerprint density at radius 1 is 0.973 bits per heavy atom. The van der Waals surface area contributed by atoms with Gasteiger partial charge in [-0.2, -0.15) is 5.26 Å². The van der Waals surface area contributed by atoms with Gasteiger partial charge in [0.25, 0.3) is 5.91 Å². The number of halogens is 1. The molecule has 1 aromatic heterocycles. The number of amides is 2. The zero-order valence-corrected chi connectivity index (χ0v) is 20.3. The van der Waals surface area contributed by atoms with E-state index >= 15 is 0 Å². The number of aromatic hydroxyl groups is 1. The fraction of sp³-hybridized carbons (Fsp3) is 0.0714. The molecule has 1 heterocycles. The second-order valence-corrected chi connectivity index (χ2v) is 8.48. The molecule has 0 saturated carbocycles. The molecular weight excluding hydrogens is 490 g/mol. The SMILES string of the molecule is N#Cc1c(-c2cccc(NC(=O)CCN)c2)cc(-c2ccc(Cl)cc2O)nc1NC(=O)c1ccccc1. The lowest BCUT2D eigenvalue weighted by Gasteiger charge is -2.15. The van der Waals surface area contributed by atoms with Crippen LogP contribution in [0, 0.1) is 11.3 Å².